The van der Waals surface area contributed by atoms with Crippen LogP contribution in [0, 0.1) is 0 Å². The summed E-state index contributed by atoms with van der Waals surface area (Å²) in [4.78, 5) is 14.4. The molecule has 0 atom stereocenters. The second-order valence-electron chi connectivity index (χ2n) is 3.26. The van der Waals surface area contributed by atoms with Crippen molar-refractivity contribution in [3.63, 3.8) is 0 Å². The molecule has 0 unspecified atom stereocenters. The lowest BCUT2D eigenvalue weighted by Gasteiger charge is -2.27. The third-order valence-corrected chi connectivity index (χ3v) is 3.67. The lowest BCUT2D eigenvalue weighted by molar-refractivity contribution is -0.116. The van der Waals surface area contributed by atoms with E-state index in [4.69, 9.17) is 5.73 Å². The fourth-order valence-electron chi connectivity index (χ4n) is 1.53. The van der Waals surface area contributed by atoms with Gasteiger partial charge < -0.3 is 10.6 Å². The summed E-state index contributed by atoms with van der Waals surface area (Å²) in [6.07, 6.45) is 0. The van der Waals surface area contributed by atoms with Crippen LogP contribution in [0.1, 0.15) is 5.56 Å². The first kappa shape index (κ1) is 10.9. The van der Waals surface area contributed by atoms with Crippen molar-refractivity contribution in [2.24, 2.45) is 5.73 Å². The first-order valence-electron chi connectivity index (χ1n) is 4.63. The molecule has 0 fully saturated rings. The number of benzene rings is 1. The monoisotopic (exact) mass is 240 g/mol. The van der Waals surface area contributed by atoms with E-state index in [2.05, 4.69) is 12.6 Å². The zero-order valence-corrected chi connectivity index (χ0v) is 9.85. The number of carbonyl (C=O) groups excluding carboxylic acids is 1. The van der Waals surface area contributed by atoms with Gasteiger partial charge in [-0.3, -0.25) is 4.79 Å². The minimum Gasteiger partial charge on any atom is -0.326 e. The average molecular weight is 240 g/mol. The number of anilines is 1. The number of hydrogen-bond acceptors (Lipinski definition) is 4. The molecule has 0 radical (unpaired) electrons. The Bertz CT molecular complexity index is 395. The Morgan fingerprint density at radius 2 is 2.33 bits per heavy atom. The van der Waals surface area contributed by atoms with Gasteiger partial charge in [0.15, 0.2) is 0 Å². The summed E-state index contributed by atoms with van der Waals surface area (Å²) in [6, 6.07) is 5.99. The Morgan fingerprint density at radius 3 is 3.00 bits per heavy atom. The van der Waals surface area contributed by atoms with Gasteiger partial charge in [0.25, 0.3) is 0 Å². The third-order valence-electron chi connectivity index (χ3n) is 2.34. The van der Waals surface area contributed by atoms with E-state index in [0.29, 0.717) is 18.2 Å². The summed E-state index contributed by atoms with van der Waals surface area (Å²) in [5.41, 5.74) is 7.55. The van der Waals surface area contributed by atoms with E-state index in [1.54, 1.807) is 16.7 Å². The van der Waals surface area contributed by atoms with Gasteiger partial charge in [0.2, 0.25) is 5.91 Å². The van der Waals surface area contributed by atoms with Crippen LogP contribution in [0.25, 0.3) is 0 Å². The molecule has 3 nitrogen and oxygen atoms in total. The fraction of sp³-hybridized carbons (Fsp3) is 0.300. The van der Waals surface area contributed by atoms with E-state index < -0.39 is 0 Å². The van der Waals surface area contributed by atoms with E-state index in [1.165, 1.54) is 0 Å². The summed E-state index contributed by atoms with van der Waals surface area (Å²) in [5, 5.41) is 0. The Balaban J connectivity index is 2.45. The summed E-state index contributed by atoms with van der Waals surface area (Å²) >= 11 is 5.74. The fourth-order valence-corrected chi connectivity index (χ4v) is 2.76. The van der Waals surface area contributed by atoms with E-state index in [-0.39, 0.29) is 5.91 Å². The molecule has 1 aliphatic heterocycles. The first-order valence-corrected chi connectivity index (χ1v) is 6.25. The van der Waals surface area contributed by atoms with E-state index in [1.807, 2.05) is 18.2 Å². The molecule has 0 spiro atoms. The number of carbonyl (C=O) groups is 1. The highest BCUT2D eigenvalue weighted by molar-refractivity contribution is 8.00. The maximum absolute atomic E-state index is 11.6. The Kier molecular flexibility index (Phi) is 3.23. The van der Waals surface area contributed by atoms with Crippen molar-refractivity contribution in [1.82, 2.24) is 0 Å². The Labute approximate surface area is 98.4 Å². The summed E-state index contributed by atoms with van der Waals surface area (Å²) in [7, 11) is 0. The molecule has 0 saturated carbocycles. The molecule has 5 heteroatoms. The van der Waals surface area contributed by atoms with Gasteiger partial charge in [0, 0.05) is 11.4 Å². The maximum atomic E-state index is 11.6. The van der Waals surface area contributed by atoms with E-state index in [9.17, 15) is 4.79 Å². The van der Waals surface area contributed by atoms with Crippen LogP contribution in [0.3, 0.4) is 0 Å². The minimum atomic E-state index is 0.108. The van der Waals surface area contributed by atoms with Crippen molar-refractivity contribution in [3.05, 3.63) is 23.8 Å². The zero-order valence-electron chi connectivity index (χ0n) is 8.14. The Hall–Kier alpha value is -0.650. The second kappa shape index (κ2) is 4.47. The molecular weight excluding hydrogens is 228 g/mol. The van der Waals surface area contributed by atoms with Crippen molar-refractivity contribution < 1.29 is 4.79 Å². The van der Waals surface area contributed by atoms with Crippen LogP contribution in [0.2, 0.25) is 0 Å². The Morgan fingerprint density at radius 1 is 1.53 bits per heavy atom. The first-order chi connectivity index (χ1) is 7.26. The van der Waals surface area contributed by atoms with Gasteiger partial charge in [-0.2, -0.15) is 12.6 Å². The van der Waals surface area contributed by atoms with Gasteiger partial charge in [0.1, 0.15) is 0 Å². The zero-order chi connectivity index (χ0) is 10.8. The van der Waals surface area contributed by atoms with Gasteiger partial charge in [0.05, 0.1) is 17.3 Å². The molecule has 1 aromatic rings. The molecule has 80 valence electrons. The lowest BCUT2D eigenvalue weighted by atomic mass is 10.2. The molecule has 1 amide bonds. The minimum absolute atomic E-state index is 0.108. The van der Waals surface area contributed by atoms with Crippen molar-refractivity contribution in [3.8, 4) is 0 Å². The van der Waals surface area contributed by atoms with Gasteiger partial charge in [-0.15, -0.1) is 11.8 Å². The predicted molar refractivity (Wildman–Crippen MR) is 66.4 cm³/mol. The van der Waals surface area contributed by atoms with E-state index >= 15 is 0 Å². The largest absolute Gasteiger partial charge is 0.326 e. The normalized spacial score (nSPS) is 15.3. The molecule has 1 heterocycles. The SMILES string of the molecule is NCc1ccc2c(c1)N(CS)C(=O)CS2. The van der Waals surface area contributed by atoms with Crippen LogP contribution in [-0.2, 0) is 11.3 Å². The number of rotatable bonds is 2. The predicted octanol–water partition coefficient (Wildman–Crippen LogP) is 1.47. The molecule has 2 rings (SSSR count). The summed E-state index contributed by atoms with van der Waals surface area (Å²) in [5.74, 6) is 1.02. The van der Waals surface area contributed by atoms with Crippen LogP contribution in [0.15, 0.2) is 23.1 Å². The van der Waals surface area contributed by atoms with Crippen molar-refractivity contribution in [2.75, 3.05) is 16.5 Å². The van der Waals surface area contributed by atoms with Crippen LogP contribution in [0.5, 0.6) is 0 Å². The van der Waals surface area contributed by atoms with Crippen LogP contribution < -0.4 is 10.6 Å². The molecule has 0 aromatic heterocycles. The van der Waals surface area contributed by atoms with E-state index in [0.717, 1.165) is 16.1 Å². The molecular formula is C10H12N2OS2. The van der Waals surface area contributed by atoms with Crippen LogP contribution >= 0.6 is 24.4 Å². The lowest BCUT2D eigenvalue weighted by Crippen LogP contribution is -2.34. The molecule has 0 saturated heterocycles. The molecule has 1 aliphatic rings. The highest BCUT2D eigenvalue weighted by Gasteiger charge is 2.23. The van der Waals surface area contributed by atoms with Gasteiger partial charge in [-0.1, -0.05) is 6.07 Å². The third kappa shape index (κ3) is 2.00. The quantitative estimate of drug-likeness (QED) is 0.770. The highest BCUT2D eigenvalue weighted by Crippen LogP contribution is 2.35. The molecule has 0 bridgehead atoms. The van der Waals surface area contributed by atoms with Crippen molar-refractivity contribution in [1.29, 1.82) is 0 Å². The average Bonchev–Trinajstić information content (AvgIpc) is 2.28. The highest BCUT2D eigenvalue weighted by atomic mass is 32.2. The number of thioether (sulfide) groups is 1. The van der Waals surface area contributed by atoms with Gasteiger partial charge >= 0.3 is 0 Å². The van der Waals surface area contributed by atoms with Crippen molar-refractivity contribution in [2.45, 2.75) is 11.4 Å². The number of nitrogens with zero attached hydrogens (tertiary/aromatic N) is 1. The number of amides is 1. The maximum Gasteiger partial charge on any atom is 0.238 e. The van der Waals surface area contributed by atoms with Gasteiger partial charge in [-0.05, 0) is 17.7 Å². The van der Waals surface area contributed by atoms with Gasteiger partial charge in [-0.25, -0.2) is 0 Å². The summed E-state index contributed by atoms with van der Waals surface area (Å²) in [6.45, 7) is 0.493. The van der Waals surface area contributed by atoms with Crippen LogP contribution in [0.4, 0.5) is 5.69 Å². The number of hydrogen-bond donors (Lipinski definition) is 2. The molecule has 0 aliphatic carbocycles. The number of fused-ring (bicyclic) bond motifs is 1. The second-order valence-corrected chi connectivity index (χ2v) is 4.56. The number of nitrogens with two attached hydrogens (primary N) is 1. The molecule has 2 N–H and O–H groups in total. The molecule has 15 heavy (non-hydrogen) atoms. The molecule has 1 aromatic carbocycles. The standard InChI is InChI=1S/C10H12N2OS2/c11-4-7-1-2-9-8(3-7)12(6-14)10(13)5-15-9/h1-3,14H,4-6,11H2. The topological polar surface area (TPSA) is 46.3 Å². The van der Waals surface area contributed by atoms with Crippen LogP contribution in [-0.4, -0.2) is 17.5 Å². The number of thiol groups is 1. The smallest absolute Gasteiger partial charge is 0.238 e. The van der Waals surface area contributed by atoms with Crippen molar-refractivity contribution >= 4 is 36.0 Å². The summed E-state index contributed by atoms with van der Waals surface area (Å²) < 4.78 is 0.